The second-order valence-corrected chi connectivity index (χ2v) is 3.87. The van der Waals surface area contributed by atoms with Gasteiger partial charge in [0.2, 0.25) is 0 Å². The van der Waals surface area contributed by atoms with Crippen molar-refractivity contribution in [2.24, 2.45) is 0 Å². The van der Waals surface area contributed by atoms with Crippen molar-refractivity contribution < 1.29 is 14.6 Å². The van der Waals surface area contributed by atoms with Gasteiger partial charge in [-0.05, 0) is 6.42 Å². The fraction of sp³-hybridized carbons (Fsp3) is 1.00. The lowest BCUT2D eigenvalue weighted by atomic mass is 9.96. The fourth-order valence-electron chi connectivity index (χ4n) is 1.71. The van der Waals surface area contributed by atoms with Crippen LogP contribution in [0.5, 0.6) is 0 Å². The first kappa shape index (κ1) is 10.0. The van der Waals surface area contributed by atoms with E-state index in [0.29, 0.717) is 30.3 Å². The maximum atomic E-state index is 9.26. The summed E-state index contributed by atoms with van der Waals surface area (Å²) in [6.07, 6.45) is 1.83. The van der Waals surface area contributed by atoms with Gasteiger partial charge in [0.05, 0.1) is 19.6 Å². The maximum absolute atomic E-state index is 9.26. The Morgan fingerprint density at radius 1 is 1.33 bits per heavy atom. The van der Waals surface area contributed by atoms with Crippen molar-refractivity contribution in [3.05, 3.63) is 0 Å². The van der Waals surface area contributed by atoms with Crippen LogP contribution in [0.2, 0.25) is 0 Å². The molecule has 0 bridgehead atoms. The van der Waals surface area contributed by atoms with E-state index in [1.165, 1.54) is 0 Å². The number of likely N-dealkylation sites (tertiary alicyclic amines) is 1. The predicted octanol–water partition coefficient (Wildman–Crippen LogP) is -0.229. The van der Waals surface area contributed by atoms with Crippen molar-refractivity contribution in [3.63, 3.8) is 0 Å². The van der Waals surface area contributed by atoms with Gasteiger partial charge in [-0.3, -0.25) is 0 Å². The van der Waals surface area contributed by atoms with Crippen molar-refractivity contribution in [2.75, 3.05) is 19.6 Å². The van der Waals surface area contributed by atoms with Crippen molar-refractivity contribution in [1.29, 1.82) is 0 Å². The topological polar surface area (TPSA) is 40.5 Å². The van der Waals surface area contributed by atoms with E-state index in [1.54, 1.807) is 0 Å². The molecule has 0 spiro atoms. The van der Waals surface area contributed by atoms with Crippen LogP contribution in [-0.4, -0.2) is 48.0 Å². The number of piperidine rings is 1. The molecule has 68 valence electrons. The lowest BCUT2D eigenvalue weighted by Gasteiger charge is -2.43. The smallest absolute Gasteiger partial charge is 0.396 e. The van der Waals surface area contributed by atoms with Gasteiger partial charge in [0.25, 0.3) is 0 Å². The molecule has 2 radical (unpaired) electrons. The lowest BCUT2D eigenvalue weighted by Crippen LogP contribution is -2.56. The maximum Gasteiger partial charge on any atom is 0.481 e. The second-order valence-electron chi connectivity index (χ2n) is 3.87. The minimum absolute atomic E-state index is 0.392. The van der Waals surface area contributed by atoms with E-state index in [9.17, 15) is 10.2 Å². The Labute approximate surface area is 75.0 Å². The first-order valence-corrected chi connectivity index (χ1v) is 4.57. The van der Waals surface area contributed by atoms with E-state index in [0.717, 1.165) is 13.0 Å². The molecule has 1 fully saturated rings. The van der Waals surface area contributed by atoms with Crippen molar-refractivity contribution >= 4 is 7.98 Å². The number of hydrogen-bond acceptors (Lipinski definition) is 2. The highest BCUT2D eigenvalue weighted by molar-refractivity contribution is 5.97. The quantitative estimate of drug-likeness (QED) is 0.444. The van der Waals surface area contributed by atoms with E-state index in [2.05, 4.69) is 6.92 Å². The van der Waals surface area contributed by atoms with Gasteiger partial charge in [-0.2, -0.15) is 0 Å². The first-order valence-electron chi connectivity index (χ1n) is 4.57. The summed E-state index contributed by atoms with van der Waals surface area (Å²) in [6, 6.07) is 0. The molecule has 1 rings (SSSR count). The van der Waals surface area contributed by atoms with E-state index >= 15 is 0 Å². The molecular formula is C8H17BNO2+. The summed E-state index contributed by atoms with van der Waals surface area (Å²) in [6.45, 7) is 4.35. The molecule has 0 aromatic heterocycles. The van der Waals surface area contributed by atoms with Gasteiger partial charge in [0, 0.05) is 12.8 Å². The Morgan fingerprint density at radius 2 is 1.83 bits per heavy atom. The number of aliphatic hydroxyl groups is 2. The Kier molecular flexibility index (Phi) is 2.81. The van der Waals surface area contributed by atoms with Crippen molar-refractivity contribution in [2.45, 2.75) is 32.0 Å². The summed E-state index contributed by atoms with van der Waals surface area (Å²) in [5.41, 5.74) is 0. The second kappa shape index (κ2) is 3.36. The zero-order valence-electron chi connectivity index (χ0n) is 7.66. The third-order valence-electron chi connectivity index (χ3n) is 2.58. The molecule has 12 heavy (non-hydrogen) atoms. The molecule has 2 N–H and O–H groups in total. The Hall–Kier alpha value is -0.0551. The van der Waals surface area contributed by atoms with Gasteiger partial charge in [-0.15, -0.1) is 0 Å². The summed E-state index contributed by atoms with van der Waals surface area (Å²) in [4.78, 5) is 0. The molecule has 1 heterocycles. The highest BCUT2D eigenvalue weighted by Crippen LogP contribution is 2.23. The van der Waals surface area contributed by atoms with Crippen LogP contribution >= 0.6 is 0 Å². The van der Waals surface area contributed by atoms with Crippen molar-refractivity contribution in [3.8, 4) is 0 Å². The molecule has 4 heteroatoms. The average Bonchev–Trinajstić information content (AvgIpc) is 1.98. The average molecular weight is 170 g/mol. The third kappa shape index (κ3) is 2.47. The largest absolute Gasteiger partial charge is 0.481 e. The summed E-state index contributed by atoms with van der Waals surface area (Å²) in [7, 11) is 6.01. The van der Waals surface area contributed by atoms with Crippen LogP contribution in [0, 0.1) is 0 Å². The standard InChI is InChI=1S/C8H17BNO2/c1-2-5-10(9)6-3-8(11,12)4-7-10/h11-12H,2-7H2,1H3/q+1. The normalized spacial score (nSPS) is 26.9. The molecule has 1 saturated heterocycles. The minimum atomic E-state index is -1.46. The lowest BCUT2D eigenvalue weighted by molar-refractivity contribution is -0.828. The number of quaternary nitrogens is 1. The Morgan fingerprint density at radius 3 is 2.25 bits per heavy atom. The zero-order chi connectivity index (χ0) is 9.24. The van der Waals surface area contributed by atoms with Gasteiger partial charge >= 0.3 is 7.98 Å². The Balaban J connectivity index is 2.44. The molecule has 0 atom stereocenters. The molecule has 1 aliphatic heterocycles. The summed E-state index contributed by atoms with van der Waals surface area (Å²) >= 11 is 0. The summed E-state index contributed by atoms with van der Waals surface area (Å²) in [5, 5.41) is 18.5. The highest BCUT2D eigenvalue weighted by atomic mass is 16.5. The van der Waals surface area contributed by atoms with E-state index in [4.69, 9.17) is 7.98 Å². The molecule has 0 unspecified atom stereocenters. The monoisotopic (exact) mass is 170 g/mol. The zero-order valence-corrected chi connectivity index (χ0v) is 7.66. The van der Waals surface area contributed by atoms with Crippen LogP contribution in [0.3, 0.4) is 0 Å². The third-order valence-corrected chi connectivity index (χ3v) is 2.58. The number of rotatable bonds is 2. The molecule has 0 amide bonds. The predicted molar refractivity (Wildman–Crippen MR) is 47.3 cm³/mol. The molecular weight excluding hydrogens is 153 g/mol. The van der Waals surface area contributed by atoms with E-state index in [-0.39, 0.29) is 0 Å². The SMILES string of the molecule is [B][N+]1(CCC)CCC(O)(O)CC1. The molecule has 1 aliphatic rings. The van der Waals surface area contributed by atoms with Gasteiger partial charge in [0.1, 0.15) is 0 Å². The minimum Gasteiger partial charge on any atom is -0.396 e. The van der Waals surface area contributed by atoms with Crippen molar-refractivity contribution in [1.82, 2.24) is 0 Å². The van der Waals surface area contributed by atoms with Crippen LogP contribution in [0.1, 0.15) is 26.2 Å². The molecule has 0 aliphatic carbocycles. The summed E-state index contributed by atoms with van der Waals surface area (Å²) in [5.74, 6) is -1.46. The molecule has 0 aromatic rings. The van der Waals surface area contributed by atoms with Gasteiger partial charge < -0.3 is 14.6 Å². The van der Waals surface area contributed by atoms with Gasteiger partial charge in [-0.1, -0.05) is 6.92 Å². The molecule has 0 saturated carbocycles. The number of hydrogen-bond donors (Lipinski definition) is 2. The van der Waals surface area contributed by atoms with Crippen LogP contribution in [-0.2, 0) is 0 Å². The summed E-state index contributed by atoms with van der Waals surface area (Å²) < 4.78 is 0.499. The van der Waals surface area contributed by atoms with Crippen LogP contribution in [0.25, 0.3) is 0 Å². The molecule has 0 aromatic carbocycles. The molecule has 3 nitrogen and oxygen atoms in total. The Bertz CT molecular complexity index is 151. The van der Waals surface area contributed by atoms with Gasteiger partial charge in [-0.25, -0.2) is 0 Å². The number of nitrogens with zero attached hydrogens (tertiary/aromatic N) is 1. The van der Waals surface area contributed by atoms with Crippen LogP contribution in [0.4, 0.5) is 0 Å². The van der Waals surface area contributed by atoms with E-state index < -0.39 is 5.79 Å². The van der Waals surface area contributed by atoms with Crippen LogP contribution in [0.15, 0.2) is 0 Å². The highest BCUT2D eigenvalue weighted by Gasteiger charge is 2.36. The van der Waals surface area contributed by atoms with Crippen LogP contribution < -0.4 is 0 Å². The van der Waals surface area contributed by atoms with Gasteiger partial charge in [0.15, 0.2) is 5.79 Å². The first-order chi connectivity index (χ1) is 5.47. The van der Waals surface area contributed by atoms with E-state index in [1.807, 2.05) is 0 Å². The fourth-order valence-corrected chi connectivity index (χ4v) is 1.71.